The maximum Gasteiger partial charge on any atom is 0.391 e. The standard InChI is InChI=1S/C23H27N5O5.C22H25F3N6O5.C21H20F3N7O2/c1-2-3-4-20(31)18-5-6-19-22(25-18)28(15-8-10-27(19)12-15)23(32)26-21-11-17(7-9-24-21)33-14-16(30)13-29;1-12(22(23,24)25)6-18(34)16-2-3-17-19(28-16)31(13-4-5-30(17)9-13)21(35)29-20-26-7-15(8-27-20)36-11-14(33)10-32;1-11-8-25-17-13(11)9-26-19(28-17)29-20(33)31-12-5-7-30(10-12)15-3-2-14(27-18(15)31)16(32)4-6-21(22,23)24/h2,5-7,9,11,15-16,29-30H,1,3-4,8,10,12-14H2,(H,24,26,32);2-3,7-8,12-14,32-33H,4-6,9-11H2,1H3,(H,26,27,29,35);2-3,8-9,12H,4-7,10H2,1H3,(H2,25,26,28,29,33)/t15-,16+;12-,13-,14-;12-/m000/s1. The van der Waals surface area contributed by atoms with Crippen molar-refractivity contribution in [2.45, 2.75) is 108 Å². The number of aliphatic hydroxyl groups excluding tert-OH is 4. The van der Waals surface area contributed by atoms with Gasteiger partial charge in [-0.15, -0.1) is 6.58 Å². The van der Waals surface area contributed by atoms with Crippen molar-refractivity contribution in [3.8, 4) is 11.5 Å². The van der Waals surface area contributed by atoms with Crippen LogP contribution in [0.3, 0.4) is 0 Å². The van der Waals surface area contributed by atoms with Gasteiger partial charge >= 0.3 is 30.4 Å². The number of aromatic amines is 1. The van der Waals surface area contributed by atoms with E-state index in [4.69, 9.17) is 19.7 Å². The first kappa shape index (κ1) is 72.5. The van der Waals surface area contributed by atoms with Crippen LogP contribution in [0, 0.1) is 12.8 Å². The first-order valence-corrected chi connectivity index (χ1v) is 32.6. The first-order chi connectivity index (χ1) is 48.7. The predicted molar refractivity (Wildman–Crippen MR) is 359 cm³/mol. The second kappa shape index (κ2) is 31.0. The van der Waals surface area contributed by atoms with Crippen molar-refractivity contribution < 1.29 is 85.0 Å². The fourth-order valence-corrected chi connectivity index (χ4v) is 12.2. The molecule has 3 saturated heterocycles. The monoisotopic (exact) mass is 1420 g/mol. The topological polar surface area (TPSA) is 376 Å². The number of nitrogens with one attached hydrogen (secondary N) is 4. The van der Waals surface area contributed by atoms with Gasteiger partial charge in [0.1, 0.15) is 59.7 Å². The molecule has 7 aromatic rings. The number of pyridine rings is 4. The Kier molecular flexibility index (Phi) is 22.1. The zero-order valence-electron chi connectivity index (χ0n) is 55.1. The molecule has 0 unspecified atom stereocenters. The summed E-state index contributed by atoms with van der Waals surface area (Å²) in [7, 11) is 0. The van der Waals surface area contributed by atoms with E-state index in [9.17, 15) is 65.3 Å². The van der Waals surface area contributed by atoms with Crippen LogP contribution in [0.5, 0.6) is 11.5 Å². The zero-order valence-corrected chi connectivity index (χ0v) is 55.1. The molecule has 3 fully saturated rings. The summed E-state index contributed by atoms with van der Waals surface area (Å²) in [4.78, 5) is 125. The van der Waals surface area contributed by atoms with Gasteiger partial charge < -0.3 is 49.6 Å². The number of nitrogens with zero attached hydrogens (tertiary/aromatic N) is 14. The lowest BCUT2D eigenvalue weighted by Gasteiger charge is -2.35. The first-order valence-electron chi connectivity index (χ1n) is 32.6. The van der Waals surface area contributed by atoms with Gasteiger partial charge in [0.25, 0.3) is 0 Å². The third kappa shape index (κ3) is 16.8. The molecule has 6 amide bonds. The van der Waals surface area contributed by atoms with Crippen molar-refractivity contribution >= 4 is 98.7 Å². The maximum atomic E-state index is 13.3. The molecule has 540 valence electrons. The number of aromatic nitrogens is 9. The minimum absolute atomic E-state index is 0.0386. The number of amides is 6. The number of aliphatic hydroxyl groups is 4. The molecule has 13 rings (SSSR count). The number of aryl methyl sites for hydroxylation is 1. The Labute approximate surface area is 577 Å². The summed E-state index contributed by atoms with van der Waals surface area (Å²) in [6, 6.07) is 10.7. The second-order valence-electron chi connectivity index (χ2n) is 24.9. The van der Waals surface area contributed by atoms with Crippen LogP contribution in [0.2, 0.25) is 0 Å². The smallest absolute Gasteiger partial charge is 0.391 e. The molecule has 0 saturated carbocycles. The molecule has 6 atom stereocenters. The van der Waals surface area contributed by atoms with Crippen molar-refractivity contribution in [3.05, 3.63) is 115 Å². The molecule has 0 spiro atoms. The highest BCUT2D eigenvalue weighted by molar-refractivity contribution is 6.07. The number of halogens is 6. The molecule has 7 aromatic heterocycles. The fourth-order valence-electron chi connectivity index (χ4n) is 12.2. The summed E-state index contributed by atoms with van der Waals surface area (Å²) in [6.07, 6.45) is -1.51. The van der Waals surface area contributed by atoms with Crippen LogP contribution in [-0.2, 0) is 0 Å². The van der Waals surface area contributed by atoms with Gasteiger partial charge in [-0.1, -0.05) is 13.0 Å². The van der Waals surface area contributed by atoms with Crippen molar-refractivity contribution in [2.24, 2.45) is 5.92 Å². The molecule has 0 aromatic carbocycles. The van der Waals surface area contributed by atoms with E-state index < -0.39 is 92.6 Å². The van der Waals surface area contributed by atoms with E-state index in [0.29, 0.717) is 92.7 Å². The van der Waals surface area contributed by atoms with Gasteiger partial charge in [0.05, 0.1) is 73.1 Å². The normalized spacial score (nSPS) is 17.7. The number of allylic oxidation sites excluding steroid dienone is 1. The van der Waals surface area contributed by atoms with Crippen LogP contribution in [0.15, 0.2) is 92.2 Å². The van der Waals surface area contributed by atoms with E-state index in [1.807, 2.05) is 22.8 Å². The van der Waals surface area contributed by atoms with Gasteiger partial charge in [0.2, 0.25) is 11.9 Å². The average molecular weight is 1420 g/mol. The molecule has 6 aliphatic rings. The van der Waals surface area contributed by atoms with E-state index in [0.717, 1.165) is 36.5 Å². The molecule has 8 N–H and O–H groups in total. The zero-order chi connectivity index (χ0) is 72.7. The average Bonchev–Trinajstić information content (AvgIpc) is 1.55. The highest BCUT2D eigenvalue weighted by Crippen LogP contribution is 2.43. The van der Waals surface area contributed by atoms with Crippen LogP contribution in [-0.4, -0.2) is 209 Å². The summed E-state index contributed by atoms with van der Waals surface area (Å²) < 4.78 is 87.0. The van der Waals surface area contributed by atoms with Crippen molar-refractivity contribution in [1.82, 2.24) is 44.9 Å². The van der Waals surface area contributed by atoms with Gasteiger partial charge in [-0.3, -0.25) is 45.0 Å². The largest absolute Gasteiger partial charge is 0.491 e. The number of alkyl halides is 6. The Morgan fingerprint density at radius 1 is 0.627 bits per heavy atom. The molecular weight excluding hydrogens is 1350 g/mol. The van der Waals surface area contributed by atoms with Crippen molar-refractivity contribution in [1.29, 1.82) is 0 Å². The SMILES string of the molecule is C=CCCC(=O)c1ccc2c(n1)N(C(=O)Nc1cc(OC[C@H](O)CO)ccn1)[C@H]1CCN2C1.C[C@@H](CC(=O)c1ccc2c(n1)N(C(=O)Nc1ncc(OC[C@@H](O)CO)cn1)[C@H]1CCN2C1)C(F)(F)F.Cc1c[nH]c2nc(NC(=O)N3c4nc(C(=O)CCC(F)(F)F)ccc4N4CC[C@H]3C4)ncc12. The highest BCUT2D eigenvalue weighted by Gasteiger charge is 2.45. The lowest BCUT2D eigenvalue weighted by Crippen LogP contribution is -2.48. The Morgan fingerprint density at radius 3 is 1.59 bits per heavy atom. The van der Waals surface area contributed by atoms with E-state index in [1.165, 1.54) is 46.6 Å². The molecule has 6 bridgehead atoms. The minimum Gasteiger partial charge on any atom is -0.491 e. The summed E-state index contributed by atoms with van der Waals surface area (Å²) >= 11 is 0. The third-order valence-electron chi connectivity index (χ3n) is 17.6. The summed E-state index contributed by atoms with van der Waals surface area (Å²) in [6.45, 7) is 9.38. The van der Waals surface area contributed by atoms with Crippen molar-refractivity contribution in [2.75, 3.05) is 111 Å². The Morgan fingerprint density at radius 2 is 1.10 bits per heavy atom. The van der Waals surface area contributed by atoms with Gasteiger partial charge in [-0.05, 0) is 80.6 Å². The van der Waals surface area contributed by atoms with Gasteiger partial charge in [-0.2, -0.15) is 31.3 Å². The van der Waals surface area contributed by atoms with E-state index in [-0.39, 0.29) is 83.6 Å². The fraction of sp³-hybridized carbons (Fsp3) is 0.424. The summed E-state index contributed by atoms with van der Waals surface area (Å²) in [5.74, 6) is -1.56. The summed E-state index contributed by atoms with van der Waals surface area (Å²) in [5.41, 5.74) is 3.72. The molecule has 0 radical (unpaired) electrons. The number of anilines is 9. The Hall–Kier alpha value is -10.7. The lowest BCUT2D eigenvalue weighted by atomic mass is 10.0. The van der Waals surface area contributed by atoms with Gasteiger partial charge in [-0.25, -0.2) is 49.3 Å². The van der Waals surface area contributed by atoms with E-state index >= 15 is 0 Å². The Balaban J connectivity index is 0.000000154. The predicted octanol–water partition coefficient (Wildman–Crippen LogP) is 7.81. The van der Waals surface area contributed by atoms with Gasteiger partial charge in [0, 0.05) is 88.6 Å². The van der Waals surface area contributed by atoms with E-state index in [2.05, 4.69) is 72.3 Å². The summed E-state index contributed by atoms with van der Waals surface area (Å²) in [5, 5.41) is 45.4. The number of rotatable bonds is 21. The molecule has 30 nitrogen and oxygen atoms in total. The molecule has 36 heteroatoms. The molecule has 13 heterocycles. The minimum atomic E-state index is -4.50. The molecule has 102 heavy (non-hydrogen) atoms. The van der Waals surface area contributed by atoms with Crippen LogP contribution in [0.4, 0.5) is 93.0 Å². The number of ketones is 3. The number of fused-ring (bicyclic) bond motifs is 13. The van der Waals surface area contributed by atoms with Gasteiger partial charge in [0.15, 0.2) is 40.6 Å². The van der Waals surface area contributed by atoms with Crippen molar-refractivity contribution in [3.63, 3.8) is 0 Å². The second-order valence-corrected chi connectivity index (χ2v) is 24.9. The van der Waals surface area contributed by atoms with Crippen LogP contribution in [0.1, 0.15) is 95.3 Å². The molecular formula is C66H72F6N18O12. The number of hydrogen-bond donors (Lipinski definition) is 8. The number of Topliss-reactive ketones (excluding diaryl/α,β-unsaturated/α-hetero) is 3. The Bertz CT molecular complexity index is 4270. The van der Waals surface area contributed by atoms with E-state index in [1.54, 1.807) is 47.6 Å². The number of hydrogen-bond acceptors (Lipinski definition) is 23. The molecule has 6 aliphatic heterocycles. The molecule has 0 aliphatic carbocycles. The highest BCUT2D eigenvalue weighted by atomic mass is 19.4. The number of H-pyrrole nitrogens is 1. The van der Waals surface area contributed by atoms with Crippen LogP contribution < -0.4 is 54.8 Å². The van der Waals surface area contributed by atoms with Crippen LogP contribution >= 0.6 is 0 Å². The van der Waals surface area contributed by atoms with Crippen LogP contribution in [0.25, 0.3) is 11.0 Å². The number of urea groups is 3. The maximum absolute atomic E-state index is 13.3. The third-order valence-corrected chi connectivity index (χ3v) is 17.6. The number of carbonyl (C=O) groups is 6. The number of carbonyl (C=O) groups excluding carboxylic acids is 6. The quantitative estimate of drug-likeness (QED) is 0.0193. The lowest BCUT2D eigenvalue weighted by molar-refractivity contribution is -0.168. The number of ether oxygens (including phenoxy) is 2.